The molecule has 0 bridgehead atoms. The third-order valence-electron chi connectivity index (χ3n) is 6.24. The molecule has 0 aliphatic carbocycles. The van der Waals surface area contributed by atoms with E-state index in [1.165, 1.54) is 19.1 Å². The van der Waals surface area contributed by atoms with Crippen molar-refractivity contribution < 1.29 is 38.4 Å². The van der Waals surface area contributed by atoms with Gasteiger partial charge in [0, 0.05) is 17.3 Å². The van der Waals surface area contributed by atoms with Crippen LogP contribution in [0.15, 0.2) is 66.2 Å². The van der Waals surface area contributed by atoms with Crippen LogP contribution >= 0.6 is 0 Å². The molecule has 0 radical (unpaired) electrons. The lowest BCUT2D eigenvalue weighted by atomic mass is 9.94. The van der Waals surface area contributed by atoms with Gasteiger partial charge >= 0.3 is 0 Å². The maximum absolute atomic E-state index is 13.4. The number of fused-ring (bicyclic) bond motifs is 1. The Labute approximate surface area is 213 Å². The molecular weight excluding hydrogens is 478 g/mol. The number of methoxy groups -OCH3 is 2. The van der Waals surface area contributed by atoms with Crippen LogP contribution in [0, 0.1) is 0 Å². The number of rotatable bonds is 7. The van der Waals surface area contributed by atoms with Crippen molar-refractivity contribution in [1.29, 1.82) is 0 Å². The molecular formula is C28H25NO8. The highest BCUT2D eigenvalue weighted by molar-refractivity contribution is 6.51. The van der Waals surface area contributed by atoms with Crippen molar-refractivity contribution in [2.45, 2.75) is 13.0 Å². The van der Waals surface area contributed by atoms with E-state index in [0.717, 1.165) is 0 Å². The molecule has 1 atom stereocenters. The second-order valence-corrected chi connectivity index (χ2v) is 8.28. The van der Waals surface area contributed by atoms with Crippen LogP contribution < -0.4 is 28.6 Å². The normalized spacial score (nSPS) is 17.7. The SMILES string of the molecule is CCOc1ccc(/C(O)=C2\C(=O)C(=O)N(c3ccc4c(c3)OCO4)C2c2ccc(OC)c(OC)c2)cc1. The van der Waals surface area contributed by atoms with Gasteiger partial charge in [0.05, 0.1) is 32.4 Å². The molecule has 2 heterocycles. The average molecular weight is 504 g/mol. The molecule has 1 N–H and O–H groups in total. The van der Waals surface area contributed by atoms with Crippen molar-refractivity contribution in [3.63, 3.8) is 0 Å². The number of amides is 1. The molecule has 0 saturated carbocycles. The second kappa shape index (κ2) is 9.77. The number of ether oxygens (including phenoxy) is 5. The summed E-state index contributed by atoms with van der Waals surface area (Å²) in [4.78, 5) is 28.2. The zero-order valence-corrected chi connectivity index (χ0v) is 20.5. The van der Waals surface area contributed by atoms with E-state index in [1.54, 1.807) is 60.7 Å². The first-order valence-corrected chi connectivity index (χ1v) is 11.6. The maximum atomic E-state index is 13.4. The first kappa shape index (κ1) is 24.1. The van der Waals surface area contributed by atoms with Gasteiger partial charge in [-0.3, -0.25) is 14.5 Å². The molecule has 2 aliphatic rings. The molecule has 190 valence electrons. The van der Waals surface area contributed by atoms with E-state index in [2.05, 4.69) is 0 Å². The molecule has 1 unspecified atom stereocenters. The molecule has 2 aliphatic heterocycles. The predicted octanol–water partition coefficient (Wildman–Crippen LogP) is 4.46. The van der Waals surface area contributed by atoms with Crippen molar-refractivity contribution in [2.75, 3.05) is 32.5 Å². The molecule has 9 nitrogen and oxygen atoms in total. The van der Waals surface area contributed by atoms with Crippen LogP contribution in [-0.4, -0.2) is 44.4 Å². The Kier molecular flexibility index (Phi) is 6.35. The molecule has 37 heavy (non-hydrogen) atoms. The van der Waals surface area contributed by atoms with Gasteiger partial charge < -0.3 is 28.8 Å². The summed E-state index contributed by atoms with van der Waals surface area (Å²) < 4.78 is 27.2. The zero-order valence-electron chi connectivity index (χ0n) is 20.5. The van der Waals surface area contributed by atoms with Crippen molar-refractivity contribution in [3.05, 3.63) is 77.4 Å². The van der Waals surface area contributed by atoms with Crippen LogP contribution in [0.3, 0.4) is 0 Å². The number of anilines is 1. The van der Waals surface area contributed by atoms with E-state index in [4.69, 9.17) is 23.7 Å². The highest BCUT2D eigenvalue weighted by atomic mass is 16.7. The van der Waals surface area contributed by atoms with Crippen molar-refractivity contribution in [3.8, 4) is 28.7 Å². The van der Waals surface area contributed by atoms with Crippen LogP contribution in [0.25, 0.3) is 5.76 Å². The highest BCUT2D eigenvalue weighted by Gasteiger charge is 2.47. The quantitative estimate of drug-likeness (QED) is 0.286. The number of ketones is 1. The molecule has 0 aromatic heterocycles. The first-order valence-electron chi connectivity index (χ1n) is 11.6. The summed E-state index contributed by atoms with van der Waals surface area (Å²) in [7, 11) is 3.01. The molecule has 0 spiro atoms. The number of hydrogen-bond acceptors (Lipinski definition) is 8. The van der Waals surface area contributed by atoms with Crippen LogP contribution in [0.4, 0.5) is 5.69 Å². The summed E-state index contributed by atoms with van der Waals surface area (Å²) in [5, 5.41) is 11.3. The van der Waals surface area contributed by atoms with E-state index in [1.807, 2.05) is 6.92 Å². The maximum Gasteiger partial charge on any atom is 0.300 e. The number of aliphatic hydroxyl groups excluding tert-OH is 1. The lowest BCUT2D eigenvalue weighted by Crippen LogP contribution is -2.29. The Morgan fingerprint density at radius 3 is 2.38 bits per heavy atom. The van der Waals surface area contributed by atoms with Gasteiger partial charge in [-0.1, -0.05) is 6.07 Å². The Morgan fingerprint density at radius 2 is 1.68 bits per heavy atom. The third kappa shape index (κ3) is 4.18. The summed E-state index contributed by atoms with van der Waals surface area (Å²) in [5.74, 6) is 0.611. The van der Waals surface area contributed by atoms with Gasteiger partial charge in [0.1, 0.15) is 11.5 Å². The predicted molar refractivity (Wildman–Crippen MR) is 135 cm³/mol. The fourth-order valence-electron chi connectivity index (χ4n) is 4.50. The lowest BCUT2D eigenvalue weighted by molar-refractivity contribution is -0.132. The molecule has 3 aromatic rings. The fourth-order valence-corrected chi connectivity index (χ4v) is 4.50. The number of carbonyl (C=O) groups excluding carboxylic acids is 2. The standard InChI is InChI=1S/C28H25NO8/c1-4-35-19-9-5-16(6-10-19)26(30)24-25(17-7-11-20(33-2)22(13-17)34-3)29(28(32)27(24)31)18-8-12-21-23(14-18)37-15-36-21/h5-14,25,30H,4,15H2,1-3H3/b26-24+. The number of benzene rings is 3. The van der Waals surface area contributed by atoms with Crippen molar-refractivity contribution in [1.82, 2.24) is 0 Å². The van der Waals surface area contributed by atoms with Gasteiger partial charge in [-0.05, 0) is 61.0 Å². The molecule has 3 aromatic carbocycles. The minimum absolute atomic E-state index is 0.0564. The fraction of sp³-hybridized carbons (Fsp3) is 0.214. The van der Waals surface area contributed by atoms with Crippen molar-refractivity contribution in [2.24, 2.45) is 0 Å². The summed E-state index contributed by atoms with van der Waals surface area (Å²) in [6.45, 7) is 2.42. The largest absolute Gasteiger partial charge is 0.507 e. The second-order valence-electron chi connectivity index (χ2n) is 8.28. The summed E-state index contributed by atoms with van der Waals surface area (Å²) in [5.41, 5.74) is 1.27. The highest BCUT2D eigenvalue weighted by Crippen LogP contribution is 2.46. The zero-order chi connectivity index (χ0) is 26.1. The molecule has 1 amide bonds. The smallest absolute Gasteiger partial charge is 0.300 e. The van der Waals surface area contributed by atoms with Gasteiger partial charge in [0.2, 0.25) is 6.79 Å². The molecule has 5 rings (SSSR count). The summed E-state index contributed by atoms with van der Waals surface area (Å²) >= 11 is 0. The summed E-state index contributed by atoms with van der Waals surface area (Å²) in [6, 6.07) is 15.8. The Balaban J connectivity index is 1.68. The number of Topliss-reactive ketones (excluding diaryl/α,β-unsaturated/α-hetero) is 1. The van der Waals surface area contributed by atoms with Crippen LogP contribution in [0.5, 0.6) is 28.7 Å². The molecule has 9 heteroatoms. The van der Waals surface area contributed by atoms with Crippen LogP contribution in [0.2, 0.25) is 0 Å². The van der Waals surface area contributed by atoms with E-state index >= 15 is 0 Å². The molecule has 1 fully saturated rings. The average Bonchev–Trinajstić information content (AvgIpc) is 3.50. The Bertz CT molecular complexity index is 1400. The lowest BCUT2D eigenvalue weighted by Gasteiger charge is -2.26. The molecule has 1 saturated heterocycles. The number of nitrogens with zero attached hydrogens (tertiary/aromatic N) is 1. The van der Waals surface area contributed by atoms with Gasteiger partial charge in [0.25, 0.3) is 11.7 Å². The first-order chi connectivity index (χ1) is 18.0. The van der Waals surface area contributed by atoms with Gasteiger partial charge in [-0.2, -0.15) is 0 Å². The van der Waals surface area contributed by atoms with Crippen LogP contribution in [0.1, 0.15) is 24.1 Å². The van der Waals surface area contributed by atoms with Crippen molar-refractivity contribution >= 4 is 23.1 Å². The Hall–Kier alpha value is -4.66. The van der Waals surface area contributed by atoms with Gasteiger partial charge in [-0.25, -0.2) is 0 Å². The van der Waals surface area contributed by atoms with Gasteiger partial charge in [-0.15, -0.1) is 0 Å². The summed E-state index contributed by atoms with van der Waals surface area (Å²) in [6.07, 6.45) is 0. The number of hydrogen-bond donors (Lipinski definition) is 1. The van der Waals surface area contributed by atoms with E-state index in [-0.39, 0.29) is 18.1 Å². The van der Waals surface area contributed by atoms with E-state index in [9.17, 15) is 14.7 Å². The minimum atomic E-state index is -0.952. The minimum Gasteiger partial charge on any atom is -0.507 e. The van der Waals surface area contributed by atoms with E-state index < -0.39 is 17.7 Å². The Morgan fingerprint density at radius 1 is 0.946 bits per heavy atom. The van der Waals surface area contributed by atoms with E-state index in [0.29, 0.717) is 52.2 Å². The van der Waals surface area contributed by atoms with Crippen LogP contribution in [-0.2, 0) is 9.59 Å². The third-order valence-corrected chi connectivity index (χ3v) is 6.24. The number of carbonyl (C=O) groups is 2. The topological polar surface area (TPSA) is 104 Å². The monoisotopic (exact) mass is 503 g/mol. The number of aliphatic hydroxyl groups is 1. The van der Waals surface area contributed by atoms with Gasteiger partial charge in [0.15, 0.2) is 23.0 Å².